The van der Waals surface area contributed by atoms with Gasteiger partial charge in [0.05, 0.1) is 22.0 Å². The molecule has 0 heterocycles. The summed E-state index contributed by atoms with van der Waals surface area (Å²) in [6.07, 6.45) is 0. The van der Waals surface area contributed by atoms with Gasteiger partial charge in [0, 0.05) is 9.50 Å². The lowest BCUT2D eigenvalue weighted by molar-refractivity contribution is 0.102. The van der Waals surface area contributed by atoms with Crippen molar-refractivity contribution in [1.29, 1.82) is 0 Å². The van der Waals surface area contributed by atoms with Gasteiger partial charge in [-0.15, -0.1) is 0 Å². The van der Waals surface area contributed by atoms with Crippen LogP contribution in [0.3, 0.4) is 0 Å². The van der Waals surface area contributed by atoms with Gasteiger partial charge >= 0.3 is 0 Å². The third-order valence-corrected chi connectivity index (χ3v) is 3.70. The number of amides is 1. The van der Waals surface area contributed by atoms with E-state index in [4.69, 9.17) is 28.9 Å². The minimum atomic E-state index is -0.535. The number of nitrogen functional groups attached to an aromatic ring is 1. The number of anilines is 2. The Kier molecular flexibility index (Phi) is 4.52. The largest absolute Gasteiger partial charge is 0.397 e. The monoisotopic (exact) mass is 376 g/mol. The minimum Gasteiger partial charge on any atom is -0.397 e. The van der Waals surface area contributed by atoms with Gasteiger partial charge in [0.1, 0.15) is 5.82 Å². The van der Waals surface area contributed by atoms with Crippen molar-refractivity contribution in [3.8, 4) is 0 Å². The van der Waals surface area contributed by atoms with E-state index in [0.717, 1.165) is 6.07 Å². The van der Waals surface area contributed by atoms with Crippen molar-refractivity contribution in [3.05, 3.63) is 56.2 Å². The van der Waals surface area contributed by atoms with E-state index in [-0.39, 0.29) is 22.0 Å². The van der Waals surface area contributed by atoms with Gasteiger partial charge in [0.25, 0.3) is 5.91 Å². The standard InChI is InChI=1S/C13H8BrCl2FN2O/c14-9-2-1-7(17)5-8(9)13(20)19-12-10(16)3-6(15)4-11(12)18/h1-5H,18H2,(H,19,20). The Hall–Kier alpha value is -1.30. The number of halogens is 4. The lowest BCUT2D eigenvalue weighted by atomic mass is 10.2. The molecule has 104 valence electrons. The Morgan fingerprint density at radius 3 is 2.60 bits per heavy atom. The predicted molar refractivity (Wildman–Crippen MR) is 82.9 cm³/mol. The highest BCUT2D eigenvalue weighted by molar-refractivity contribution is 9.10. The molecule has 0 aliphatic heterocycles. The molecular formula is C13H8BrCl2FN2O. The number of carbonyl (C=O) groups excluding carboxylic acids is 1. The van der Waals surface area contributed by atoms with Crippen molar-refractivity contribution in [2.45, 2.75) is 0 Å². The van der Waals surface area contributed by atoms with Crippen LogP contribution in [0, 0.1) is 5.82 Å². The average molecular weight is 378 g/mol. The van der Waals surface area contributed by atoms with Gasteiger partial charge in [-0.05, 0) is 46.3 Å². The van der Waals surface area contributed by atoms with Crippen molar-refractivity contribution in [2.24, 2.45) is 0 Å². The molecule has 20 heavy (non-hydrogen) atoms. The highest BCUT2D eigenvalue weighted by Gasteiger charge is 2.15. The average Bonchev–Trinajstić information content (AvgIpc) is 2.36. The second kappa shape index (κ2) is 5.99. The lowest BCUT2D eigenvalue weighted by Gasteiger charge is -2.11. The molecule has 0 unspecified atom stereocenters. The quantitative estimate of drug-likeness (QED) is 0.743. The summed E-state index contributed by atoms with van der Waals surface area (Å²) < 4.78 is 13.6. The van der Waals surface area contributed by atoms with E-state index < -0.39 is 11.7 Å². The van der Waals surface area contributed by atoms with E-state index in [9.17, 15) is 9.18 Å². The molecule has 0 fully saturated rings. The van der Waals surface area contributed by atoms with Crippen molar-refractivity contribution in [2.75, 3.05) is 11.1 Å². The van der Waals surface area contributed by atoms with Crippen LogP contribution in [0.2, 0.25) is 10.0 Å². The molecule has 0 bridgehead atoms. The molecule has 0 saturated heterocycles. The van der Waals surface area contributed by atoms with Crippen LogP contribution in [0.25, 0.3) is 0 Å². The van der Waals surface area contributed by atoms with Crippen LogP contribution in [0.1, 0.15) is 10.4 Å². The summed E-state index contributed by atoms with van der Waals surface area (Å²) in [5.41, 5.74) is 6.34. The first-order valence-corrected chi connectivity index (χ1v) is 6.94. The maximum absolute atomic E-state index is 13.2. The van der Waals surface area contributed by atoms with Gasteiger partial charge < -0.3 is 11.1 Å². The summed E-state index contributed by atoms with van der Waals surface area (Å²) in [7, 11) is 0. The van der Waals surface area contributed by atoms with Gasteiger partial charge in [0.15, 0.2) is 0 Å². The van der Waals surface area contributed by atoms with Crippen molar-refractivity contribution < 1.29 is 9.18 Å². The first kappa shape index (κ1) is 15.1. The van der Waals surface area contributed by atoms with Crippen molar-refractivity contribution in [3.63, 3.8) is 0 Å². The number of hydrogen-bond acceptors (Lipinski definition) is 2. The smallest absolute Gasteiger partial charge is 0.257 e. The molecule has 0 atom stereocenters. The van der Waals surface area contributed by atoms with E-state index in [1.165, 1.54) is 24.3 Å². The molecule has 2 aromatic carbocycles. The molecule has 0 radical (unpaired) electrons. The van der Waals surface area contributed by atoms with Crippen LogP contribution in [-0.4, -0.2) is 5.91 Å². The molecular weight excluding hydrogens is 370 g/mol. The second-order valence-electron chi connectivity index (χ2n) is 3.93. The number of nitrogens with two attached hydrogens (primary N) is 1. The third kappa shape index (κ3) is 3.23. The summed E-state index contributed by atoms with van der Waals surface area (Å²) in [4.78, 5) is 12.1. The number of carbonyl (C=O) groups is 1. The highest BCUT2D eigenvalue weighted by Crippen LogP contribution is 2.32. The van der Waals surface area contributed by atoms with Crippen LogP contribution in [-0.2, 0) is 0 Å². The topological polar surface area (TPSA) is 55.1 Å². The third-order valence-electron chi connectivity index (χ3n) is 2.50. The molecule has 0 aliphatic rings. The maximum Gasteiger partial charge on any atom is 0.257 e. The number of benzene rings is 2. The first-order valence-electron chi connectivity index (χ1n) is 5.39. The van der Waals surface area contributed by atoms with E-state index in [1.54, 1.807) is 0 Å². The molecule has 0 spiro atoms. The summed E-state index contributed by atoms with van der Waals surface area (Å²) in [6, 6.07) is 6.71. The van der Waals surface area contributed by atoms with Gasteiger partial charge in [-0.2, -0.15) is 0 Å². The van der Waals surface area contributed by atoms with Gasteiger partial charge in [-0.3, -0.25) is 4.79 Å². The van der Waals surface area contributed by atoms with Crippen LogP contribution in [0.4, 0.5) is 15.8 Å². The predicted octanol–water partition coefficient (Wildman–Crippen LogP) is 4.73. The molecule has 2 rings (SSSR count). The summed E-state index contributed by atoms with van der Waals surface area (Å²) in [5, 5.41) is 3.10. The molecule has 0 aromatic heterocycles. The lowest BCUT2D eigenvalue weighted by Crippen LogP contribution is -2.14. The zero-order valence-corrected chi connectivity index (χ0v) is 13.0. The summed E-state index contributed by atoms with van der Waals surface area (Å²) in [6.45, 7) is 0. The fraction of sp³-hybridized carbons (Fsp3) is 0. The Labute approximate surface area is 133 Å². The van der Waals surface area contributed by atoms with Gasteiger partial charge in [-0.25, -0.2) is 4.39 Å². The van der Waals surface area contributed by atoms with Crippen LogP contribution in [0.5, 0.6) is 0 Å². The Morgan fingerprint density at radius 1 is 1.25 bits per heavy atom. The molecule has 3 N–H and O–H groups in total. The van der Waals surface area contributed by atoms with E-state index in [0.29, 0.717) is 9.50 Å². The van der Waals surface area contributed by atoms with Crippen LogP contribution >= 0.6 is 39.1 Å². The Bertz CT molecular complexity index is 671. The van der Waals surface area contributed by atoms with Crippen LogP contribution < -0.4 is 11.1 Å². The summed E-state index contributed by atoms with van der Waals surface area (Å²) in [5.74, 6) is -1.05. The fourth-order valence-corrected chi connectivity index (χ4v) is 2.56. The van der Waals surface area contributed by atoms with Gasteiger partial charge in [0.2, 0.25) is 0 Å². The highest BCUT2D eigenvalue weighted by atomic mass is 79.9. The zero-order chi connectivity index (χ0) is 14.9. The van der Waals surface area contributed by atoms with E-state index in [1.807, 2.05) is 0 Å². The van der Waals surface area contributed by atoms with Gasteiger partial charge in [-0.1, -0.05) is 23.2 Å². The Morgan fingerprint density at radius 2 is 1.95 bits per heavy atom. The normalized spacial score (nSPS) is 10.4. The maximum atomic E-state index is 13.2. The molecule has 0 aliphatic carbocycles. The second-order valence-corrected chi connectivity index (χ2v) is 5.63. The Balaban J connectivity index is 2.35. The zero-order valence-electron chi connectivity index (χ0n) is 9.88. The van der Waals surface area contributed by atoms with E-state index in [2.05, 4.69) is 21.2 Å². The van der Waals surface area contributed by atoms with Crippen LogP contribution in [0.15, 0.2) is 34.8 Å². The van der Waals surface area contributed by atoms with E-state index >= 15 is 0 Å². The molecule has 3 nitrogen and oxygen atoms in total. The van der Waals surface area contributed by atoms with Crippen molar-refractivity contribution >= 4 is 56.4 Å². The van der Waals surface area contributed by atoms with Crippen molar-refractivity contribution in [1.82, 2.24) is 0 Å². The fourth-order valence-electron chi connectivity index (χ4n) is 1.58. The molecule has 2 aromatic rings. The first-order chi connectivity index (χ1) is 9.38. The minimum absolute atomic E-state index is 0.135. The summed E-state index contributed by atoms with van der Waals surface area (Å²) >= 11 is 14.9. The molecule has 1 amide bonds. The number of rotatable bonds is 2. The SMILES string of the molecule is Nc1cc(Cl)cc(Cl)c1NC(=O)c1cc(F)ccc1Br. The number of nitrogens with one attached hydrogen (secondary N) is 1. The number of hydrogen-bond donors (Lipinski definition) is 2. The molecule has 0 saturated carbocycles. The molecule has 7 heteroatoms.